The summed E-state index contributed by atoms with van der Waals surface area (Å²) < 4.78 is 18.9. The molecule has 7 nitrogen and oxygen atoms in total. The van der Waals surface area contributed by atoms with Gasteiger partial charge in [0.1, 0.15) is 0 Å². The minimum atomic E-state index is -0.632. The van der Waals surface area contributed by atoms with Crippen LogP contribution in [0.4, 0.5) is 0 Å². The number of hydrogen-bond donors (Lipinski definition) is 0. The number of allylic oxidation sites excluding steroid dienone is 1. The quantitative estimate of drug-likeness (QED) is 0.260. The van der Waals surface area contributed by atoms with E-state index >= 15 is 0 Å². The van der Waals surface area contributed by atoms with Crippen molar-refractivity contribution >= 4 is 23.4 Å². The van der Waals surface area contributed by atoms with Crippen molar-refractivity contribution < 1.29 is 19.0 Å². The molecular formula is C31H36N2O5S. The molecule has 39 heavy (non-hydrogen) atoms. The average molecular weight is 549 g/mol. The van der Waals surface area contributed by atoms with Crippen LogP contribution in [0.2, 0.25) is 0 Å². The number of ether oxygens (including phenoxy) is 3. The lowest BCUT2D eigenvalue weighted by Gasteiger charge is -2.25. The fourth-order valence-electron chi connectivity index (χ4n) is 4.54. The highest BCUT2D eigenvalue weighted by Gasteiger charge is 2.33. The van der Waals surface area contributed by atoms with Gasteiger partial charge in [-0.25, -0.2) is 9.79 Å². The van der Waals surface area contributed by atoms with Crippen LogP contribution in [0.1, 0.15) is 76.1 Å². The maximum atomic E-state index is 13.9. The van der Waals surface area contributed by atoms with Crippen LogP contribution in [0.5, 0.6) is 11.5 Å². The third-order valence-electron chi connectivity index (χ3n) is 6.68. The number of thiazole rings is 1. The van der Waals surface area contributed by atoms with Gasteiger partial charge in [0.15, 0.2) is 16.3 Å². The van der Waals surface area contributed by atoms with Crippen molar-refractivity contribution in [3.63, 3.8) is 0 Å². The van der Waals surface area contributed by atoms with Crippen LogP contribution < -0.4 is 24.4 Å². The topological polar surface area (TPSA) is 79.1 Å². The lowest BCUT2D eigenvalue weighted by Crippen LogP contribution is -2.39. The Balaban J connectivity index is 1.83. The van der Waals surface area contributed by atoms with Gasteiger partial charge in [-0.2, -0.15) is 0 Å². The van der Waals surface area contributed by atoms with Crippen molar-refractivity contribution in [3.05, 3.63) is 90.1 Å². The molecule has 0 spiro atoms. The fourth-order valence-corrected chi connectivity index (χ4v) is 5.59. The van der Waals surface area contributed by atoms with Crippen LogP contribution in [0.25, 0.3) is 6.08 Å². The summed E-state index contributed by atoms with van der Waals surface area (Å²) in [6.45, 7) is 10.8. The molecule has 4 rings (SSSR count). The summed E-state index contributed by atoms with van der Waals surface area (Å²) >= 11 is 1.30. The molecule has 1 aliphatic rings. The predicted molar refractivity (Wildman–Crippen MR) is 154 cm³/mol. The van der Waals surface area contributed by atoms with Crippen LogP contribution in [0.15, 0.2) is 63.5 Å². The van der Waals surface area contributed by atoms with Gasteiger partial charge in [0, 0.05) is 0 Å². The molecular weight excluding hydrogens is 512 g/mol. The number of carbonyl (C=O) groups is 1. The van der Waals surface area contributed by atoms with E-state index in [9.17, 15) is 9.59 Å². The Morgan fingerprint density at radius 1 is 1.13 bits per heavy atom. The number of fused-ring (bicyclic) bond motifs is 1. The first kappa shape index (κ1) is 28.4. The van der Waals surface area contributed by atoms with Gasteiger partial charge < -0.3 is 14.2 Å². The normalized spacial score (nSPS) is 15.3. The zero-order valence-corrected chi connectivity index (χ0v) is 24.3. The molecule has 1 aliphatic heterocycles. The van der Waals surface area contributed by atoms with Crippen molar-refractivity contribution in [3.8, 4) is 11.5 Å². The second-order valence-electron chi connectivity index (χ2n) is 9.74. The molecule has 0 fully saturated rings. The zero-order chi connectivity index (χ0) is 28.1. The molecule has 3 aromatic rings. The van der Waals surface area contributed by atoms with Gasteiger partial charge in [0.25, 0.3) is 5.56 Å². The van der Waals surface area contributed by atoms with Gasteiger partial charge in [-0.3, -0.25) is 9.36 Å². The van der Waals surface area contributed by atoms with Crippen LogP contribution in [-0.2, 0) is 9.53 Å². The number of nitrogens with zero attached hydrogens (tertiary/aromatic N) is 2. The van der Waals surface area contributed by atoms with E-state index in [1.165, 1.54) is 16.9 Å². The second kappa shape index (κ2) is 12.5. The first-order chi connectivity index (χ1) is 18.8. The standard InChI is InChI=1S/C31H36N2O5S/c1-7-9-16-38-24-15-10-21(17-25(24)36-6)18-26-29(34)33-28(23-13-11-22(12-14-23)19(3)4)27(30(35)37-8-2)20(5)32-31(33)39-26/h10-15,17-19,28H,7-9,16H2,1-6H3. The van der Waals surface area contributed by atoms with Crippen molar-refractivity contribution in [1.82, 2.24) is 4.57 Å². The highest BCUT2D eigenvalue weighted by atomic mass is 32.1. The maximum absolute atomic E-state index is 13.9. The highest BCUT2D eigenvalue weighted by Crippen LogP contribution is 2.32. The Kier molecular flexibility index (Phi) is 9.07. The van der Waals surface area contributed by atoms with E-state index in [0.717, 1.165) is 24.0 Å². The number of carbonyl (C=O) groups excluding carboxylic acids is 1. The summed E-state index contributed by atoms with van der Waals surface area (Å²) in [6, 6.07) is 13.0. The molecule has 0 aliphatic carbocycles. The molecule has 0 bridgehead atoms. The summed E-state index contributed by atoms with van der Waals surface area (Å²) in [5.74, 6) is 1.18. The van der Waals surface area contributed by atoms with Crippen LogP contribution in [0.3, 0.4) is 0 Å². The Morgan fingerprint density at radius 3 is 2.51 bits per heavy atom. The molecule has 0 radical (unpaired) electrons. The first-order valence-electron chi connectivity index (χ1n) is 13.4. The molecule has 206 valence electrons. The minimum absolute atomic E-state index is 0.215. The van der Waals surface area contributed by atoms with Gasteiger partial charge in [-0.1, -0.05) is 68.9 Å². The number of unbranched alkanes of at least 4 members (excludes halogenated alkanes) is 1. The predicted octanol–water partition coefficient (Wildman–Crippen LogP) is 5.11. The third kappa shape index (κ3) is 6.01. The zero-order valence-electron chi connectivity index (χ0n) is 23.4. The summed E-state index contributed by atoms with van der Waals surface area (Å²) in [4.78, 5) is 32.2. The number of methoxy groups -OCH3 is 1. The minimum Gasteiger partial charge on any atom is -0.493 e. The van der Waals surface area contributed by atoms with Gasteiger partial charge in [0.05, 0.1) is 42.2 Å². The molecule has 0 amide bonds. The Morgan fingerprint density at radius 2 is 1.87 bits per heavy atom. The van der Waals surface area contributed by atoms with Gasteiger partial charge in [0.2, 0.25) is 0 Å². The lowest BCUT2D eigenvalue weighted by molar-refractivity contribution is -0.139. The molecule has 8 heteroatoms. The van der Waals surface area contributed by atoms with Crippen molar-refractivity contribution in [2.24, 2.45) is 4.99 Å². The third-order valence-corrected chi connectivity index (χ3v) is 7.66. The number of esters is 1. The molecule has 0 saturated heterocycles. The Hall–Kier alpha value is -3.65. The van der Waals surface area contributed by atoms with Crippen molar-refractivity contribution in [2.45, 2.75) is 59.4 Å². The van der Waals surface area contributed by atoms with E-state index in [1.807, 2.05) is 48.5 Å². The summed E-state index contributed by atoms with van der Waals surface area (Å²) in [6.07, 6.45) is 3.83. The summed E-state index contributed by atoms with van der Waals surface area (Å²) in [5.41, 5.74) is 3.53. The van der Waals surface area contributed by atoms with E-state index in [2.05, 4.69) is 25.8 Å². The van der Waals surface area contributed by atoms with E-state index < -0.39 is 12.0 Å². The molecule has 1 atom stereocenters. The number of aromatic nitrogens is 1. The van der Waals surface area contributed by atoms with Gasteiger partial charge >= 0.3 is 5.97 Å². The Labute approximate surface area is 233 Å². The number of benzene rings is 2. The Bertz CT molecular complexity index is 1550. The SMILES string of the molecule is CCCCOc1ccc(C=c2sc3n(c2=O)C(c2ccc(C(C)C)cc2)C(C(=O)OCC)=C(C)N=3)cc1OC. The first-order valence-corrected chi connectivity index (χ1v) is 14.2. The van der Waals surface area contributed by atoms with Crippen molar-refractivity contribution in [2.75, 3.05) is 20.3 Å². The number of hydrogen-bond acceptors (Lipinski definition) is 7. The smallest absolute Gasteiger partial charge is 0.338 e. The van der Waals surface area contributed by atoms with E-state index in [1.54, 1.807) is 25.5 Å². The average Bonchev–Trinajstić information content (AvgIpc) is 3.22. The maximum Gasteiger partial charge on any atom is 0.338 e. The highest BCUT2D eigenvalue weighted by molar-refractivity contribution is 7.07. The van der Waals surface area contributed by atoms with Gasteiger partial charge in [-0.15, -0.1) is 0 Å². The van der Waals surface area contributed by atoms with Gasteiger partial charge in [-0.05, 0) is 61.1 Å². The summed E-state index contributed by atoms with van der Waals surface area (Å²) in [5, 5.41) is 0. The molecule has 0 N–H and O–H groups in total. The van der Waals surface area contributed by atoms with Crippen LogP contribution >= 0.6 is 11.3 Å². The number of rotatable bonds is 10. The van der Waals surface area contributed by atoms with E-state index in [4.69, 9.17) is 14.2 Å². The summed E-state index contributed by atoms with van der Waals surface area (Å²) in [7, 11) is 1.60. The molecule has 0 saturated carbocycles. The molecule has 1 aromatic heterocycles. The lowest BCUT2D eigenvalue weighted by atomic mass is 9.93. The second-order valence-corrected chi connectivity index (χ2v) is 10.7. The van der Waals surface area contributed by atoms with E-state index in [-0.39, 0.29) is 12.2 Å². The fraction of sp³-hybridized carbons (Fsp3) is 0.387. The van der Waals surface area contributed by atoms with E-state index in [0.29, 0.717) is 44.6 Å². The molecule has 2 aromatic carbocycles. The van der Waals surface area contributed by atoms with Crippen LogP contribution in [0, 0.1) is 0 Å². The van der Waals surface area contributed by atoms with Crippen molar-refractivity contribution in [1.29, 1.82) is 0 Å². The largest absolute Gasteiger partial charge is 0.493 e. The molecule has 1 unspecified atom stereocenters. The van der Waals surface area contributed by atoms with Crippen LogP contribution in [-0.4, -0.2) is 30.9 Å². The molecule has 2 heterocycles. The monoisotopic (exact) mass is 548 g/mol.